The SMILES string of the molecule is COc1ccc(S(=O)[O-])cc1.[Ag+]. The quantitative estimate of drug-likeness (QED) is 0.597. The summed E-state index contributed by atoms with van der Waals surface area (Å²) in [5.41, 5.74) is 0. The predicted octanol–water partition coefficient (Wildman–Crippen LogP) is 0.931. The number of benzene rings is 1. The predicted molar refractivity (Wildman–Crippen MR) is 40.2 cm³/mol. The minimum Gasteiger partial charge on any atom is -0.768 e. The van der Waals surface area contributed by atoms with Crippen LogP contribution in [0.4, 0.5) is 0 Å². The second-order valence-electron chi connectivity index (χ2n) is 1.91. The summed E-state index contributed by atoms with van der Waals surface area (Å²) < 4.78 is 25.6. The largest absolute Gasteiger partial charge is 1.00 e. The molecule has 0 saturated carbocycles. The van der Waals surface area contributed by atoms with Gasteiger partial charge in [0.25, 0.3) is 0 Å². The molecule has 0 aliphatic heterocycles. The van der Waals surface area contributed by atoms with Crippen LogP contribution in [0.2, 0.25) is 0 Å². The van der Waals surface area contributed by atoms with E-state index in [0.29, 0.717) is 5.75 Å². The van der Waals surface area contributed by atoms with Gasteiger partial charge in [0.2, 0.25) is 0 Å². The van der Waals surface area contributed by atoms with Gasteiger partial charge in [0, 0.05) is 4.90 Å². The van der Waals surface area contributed by atoms with Gasteiger partial charge in [0.1, 0.15) is 5.75 Å². The van der Waals surface area contributed by atoms with Crippen LogP contribution in [0, 0.1) is 0 Å². The van der Waals surface area contributed by atoms with Crippen molar-refractivity contribution in [2.45, 2.75) is 4.90 Å². The van der Waals surface area contributed by atoms with Crippen LogP contribution in [0.3, 0.4) is 0 Å². The summed E-state index contributed by atoms with van der Waals surface area (Å²) >= 11 is -2.14. The van der Waals surface area contributed by atoms with Crippen LogP contribution < -0.4 is 4.74 Å². The van der Waals surface area contributed by atoms with Crippen LogP contribution in [-0.4, -0.2) is 15.9 Å². The minimum absolute atomic E-state index is 0. The summed E-state index contributed by atoms with van der Waals surface area (Å²) in [6.07, 6.45) is 0. The topological polar surface area (TPSA) is 49.4 Å². The van der Waals surface area contributed by atoms with E-state index in [2.05, 4.69) is 0 Å². The molecule has 1 rings (SSSR count). The Morgan fingerprint density at radius 2 is 1.83 bits per heavy atom. The first-order valence-corrected chi connectivity index (χ1v) is 4.05. The molecule has 0 N–H and O–H groups in total. The maximum Gasteiger partial charge on any atom is 1.00 e. The van der Waals surface area contributed by atoms with E-state index >= 15 is 0 Å². The molecule has 0 aliphatic rings. The van der Waals surface area contributed by atoms with Crippen LogP contribution in [-0.2, 0) is 33.5 Å². The normalized spacial score (nSPS) is 11.5. The number of hydrogen-bond donors (Lipinski definition) is 0. The molecule has 1 unspecified atom stereocenters. The van der Waals surface area contributed by atoms with Gasteiger partial charge in [0.05, 0.1) is 7.11 Å². The Kier molecular flexibility index (Phi) is 5.45. The van der Waals surface area contributed by atoms with E-state index in [-0.39, 0.29) is 27.3 Å². The molecule has 1 aromatic carbocycles. The van der Waals surface area contributed by atoms with Crippen molar-refractivity contribution >= 4 is 11.1 Å². The van der Waals surface area contributed by atoms with Crippen molar-refractivity contribution in [3.63, 3.8) is 0 Å². The van der Waals surface area contributed by atoms with Gasteiger partial charge >= 0.3 is 22.4 Å². The van der Waals surface area contributed by atoms with Crippen LogP contribution in [0.15, 0.2) is 29.2 Å². The van der Waals surface area contributed by atoms with E-state index in [1.54, 1.807) is 12.1 Å². The molecular formula is C7H7AgO3S. The Hall–Kier alpha value is -0.130. The Bertz CT molecular complexity index is 260. The average molecular weight is 279 g/mol. The van der Waals surface area contributed by atoms with Gasteiger partial charge in [-0.1, -0.05) is 0 Å². The monoisotopic (exact) mass is 278 g/mol. The Balaban J connectivity index is 0.00000121. The third-order valence-corrected chi connectivity index (χ3v) is 1.91. The standard InChI is InChI=1S/C7H8O3S.Ag/c1-10-6-2-4-7(5-3-6)11(8)9;/h2-5H,1H3,(H,8,9);/q;+1/p-1. The van der Waals surface area contributed by atoms with Gasteiger partial charge in [-0.3, -0.25) is 4.21 Å². The molecular weight excluding hydrogens is 272 g/mol. The molecule has 1 aromatic rings. The summed E-state index contributed by atoms with van der Waals surface area (Å²) in [5.74, 6) is 0.652. The first-order chi connectivity index (χ1) is 5.24. The molecule has 70 valence electrons. The van der Waals surface area contributed by atoms with Crippen LogP contribution in [0.1, 0.15) is 0 Å². The second-order valence-corrected chi connectivity index (χ2v) is 2.85. The summed E-state index contributed by atoms with van der Waals surface area (Å²) in [7, 11) is 1.53. The molecule has 0 heterocycles. The molecule has 0 aromatic heterocycles. The van der Waals surface area contributed by atoms with Crippen LogP contribution >= 0.6 is 0 Å². The summed E-state index contributed by atoms with van der Waals surface area (Å²) in [5, 5.41) is 0. The van der Waals surface area contributed by atoms with Crippen molar-refractivity contribution in [2.75, 3.05) is 7.11 Å². The second kappa shape index (κ2) is 5.50. The third-order valence-electron chi connectivity index (χ3n) is 1.25. The molecule has 0 aliphatic carbocycles. The van der Waals surface area contributed by atoms with Gasteiger partial charge < -0.3 is 9.29 Å². The fraction of sp³-hybridized carbons (Fsp3) is 0.143. The van der Waals surface area contributed by atoms with E-state index in [1.165, 1.54) is 19.2 Å². The van der Waals surface area contributed by atoms with Crippen molar-refractivity contribution in [1.29, 1.82) is 0 Å². The number of rotatable bonds is 2. The van der Waals surface area contributed by atoms with Crippen LogP contribution in [0.5, 0.6) is 5.75 Å². The van der Waals surface area contributed by atoms with Crippen molar-refractivity contribution in [2.24, 2.45) is 0 Å². The molecule has 0 amide bonds. The van der Waals surface area contributed by atoms with Gasteiger partial charge in [0.15, 0.2) is 0 Å². The van der Waals surface area contributed by atoms with E-state index in [0.717, 1.165) is 0 Å². The van der Waals surface area contributed by atoms with Gasteiger partial charge in [-0.2, -0.15) is 0 Å². The number of ether oxygens (including phenoxy) is 1. The smallest absolute Gasteiger partial charge is 0.768 e. The van der Waals surface area contributed by atoms with Crippen molar-refractivity contribution in [3.8, 4) is 5.75 Å². The van der Waals surface area contributed by atoms with Gasteiger partial charge in [-0.05, 0) is 35.3 Å². The summed E-state index contributed by atoms with van der Waals surface area (Å²) in [4.78, 5) is 0.269. The molecule has 0 saturated heterocycles. The van der Waals surface area contributed by atoms with Crippen molar-refractivity contribution < 1.29 is 35.9 Å². The fourth-order valence-electron chi connectivity index (χ4n) is 0.687. The van der Waals surface area contributed by atoms with Crippen LogP contribution in [0.25, 0.3) is 0 Å². The molecule has 3 nitrogen and oxygen atoms in total. The number of methoxy groups -OCH3 is 1. The Morgan fingerprint density at radius 3 is 2.17 bits per heavy atom. The van der Waals surface area contributed by atoms with E-state index in [4.69, 9.17) is 4.74 Å². The average Bonchev–Trinajstić information content (AvgIpc) is 2.05. The van der Waals surface area contributed by atoms with E-state index < -0.39 is 11.1 Å². The maximum absolute atomic E-state index is 10.4. The Labute approximate surface area is 88.9 Å². The molecule has 0 fully saturated rings. The maximum atomic E-state index is 10.4. The number of hydrogen-bond acceptors (Lipinski definition) is 3. The molecule has 0 bridgehead atoms. The molecule has 12 heavy (non-hydrogen) atoms. The van der Waals surface area contributed by atoms with Crippen molar-refractivity contribution in [1.82, 2.24) is 0 Å². The first kappa shape index (κ1) is 11.9. The summed E-state index contributed by atoms with van der Waals surface area (Å²) in [6.45, 7) is 0. The molecule has 5 heteroatoms. The van der Waals surface area contributed by atoms with Crippen molar-refractivity contribution in [3.05, 3.63) is 24.3 Å². The zero-order valence-corrected chi connectivity index (χ0v) is 8.54. The first-order valence-electron chi connectivity index (χ1n) is 2.97. The summed E-state index contributed by atoms with van der Waals surface area (Å²) in [6, 6.07) is 6.18. The van der Waals surface area contributed by atoms with E-state index in [1.807, 2.05) is 0 Å². The molecule has 1 atom stereocenters. The fourth-order valence-corrected chi connectivity index (χ4v) is 1.05. The van der Waals surface area contributed by atoms with Gasteiger partial charge in [-0.15, -0.1) is 0 Å². The Morgan fingerprint density at radius 1 is 1.33 bits per heavy atom. The molecule has 0 radical (unpaired) electrons. The third kappa shape index (κ3) is 3.08. The minimum atomic E-state index is -2.14. The van der Waals surface area contributed by atoms with Gasteiger partial charge in [-0.25, -0.2) is 0 Å². The zero-order chi connectivity index (χ0) is 8.27. The molecule has 0 spiro atoms. The van der Waals surface area contributed by atoms with E-state index in [9.17, 15) is 8.76 Å². The zero-order valence-electron chi connectivity index (χ0n) is 6.24.